The highest BCUT2D eigenvalue weighted by Gasteiger charge is 2.12. The van der Waals surface area contributed by atoms with Crippen molar-refractivity contribution in [1.82, 2.24) is 9.88 Å². The summed E-state index contributed by atoms with van der Waals surface area (Å²) in [5.74, 6) is 0.553. The van der Waals surface area contributed by atoms with Gasteiger partial charge in [-0.15, -0.1) is 0 Å². The van der Waals surface area contributed by atoms with Crippen LogP contribution in [-0.2, 0) is 0 Å². The lowest BCUT2D eigenvalue weighted by atomic mass is 10.2. The molecule has 0 saturated carbocycles. The van der Waals surface area contributed by atoms with Crippen LogP contribution in [0.3, 0.4) is 0 Å². The van der Waals surface area contributed by atoms with Crippen molar-refractivity contribution in [3.8, 4) is 0 Å². The molecule has 1 amide bonds. The van der Waals surface area contributed by atoms with Gasteiger partial charge in [-0.05, 0) is 19.1 Å². The van der Waals surface area contributed by atoms with Crippen molar-refractivity contribution in [2.24, 2.45) is 0 Å². The van der Waals surface area contributed by atoms with E-state index in [1.807, 2.05) is 6.92 Å². The van der Waals surface area contributed by atoms with Gasteiger partial charge in [0, 0.05) is 31.9 Å². The summed E-state index contributed by atoms with van der Waals surface area (Å²) >= 11 is 0. The quantitative estimate of drug-likeness (QED) is 0.780. The van der Waals surface area contributed by atoms with Gasteiger partial charge >= 0.3 is 0 Å². The Balaban J connectivity index is 2.94. The number of pyridine rings is 1. The maximum absolute atomic E-state index is 11.9. The Morgan fingerprint density at radius 3 is 2.81 bits per heavy atom. The van der Waals surface area contributed by atoms with Crippen molar-refractivity contribution in [1.29, 1.82) is 0 Å². The lowest BCUT2D eigenvalue weighted by Gasteiger charge is -2.16. The minimum atomic E-state index is -0.115. The molecule has 0 radical (unpaired) electrons. The molecule has 1 heterocycles. The average molecular weight is 223 g/mol. The zero-order chi connectivity index (χ0) is 12.1. The second-order valence-electron chi connectivity index (χ2n) is 3.58. The third-order valence-electron chi connectivity index (χ3n) is 2.24. The van der Waals surface area contributed by atoms with Crippen LogP contribution in [0.15, 0.2) is 12.1 Å². The fraction of sp³-hybridized carbons (Fsp3) is 0.455. The number of carbonyl (C=O) groups excluding carboxylic acids is 1. The molecule has 0 spiro atoms. The van der Waals surface area contributed by atoms with Gasteiger partial charge in [0.15, 0.2) is 0 Å². The Morgan fingerprint density at radius 2 is 2.25 bits per heavy atom. The van der Waals surface area contributed by atoms with Crippen molar-refractivity contribution in [2.45, 2.75) is 6.92 Å². The van der Waals surface area contributed by atoms with Crippen molar-refractivity contribution < 1.29 is 9.90 Å². The smallest absolute Gasteiger partial charge is 0.253 e. The van der Waals surface area contributed by atoms with Gasteiger partial charge in [-0.3, -0.25) is 4.79 Å². The van der Waals surface area contributed by atoms with E-state index in [1.165, 1.54) is 4.90 Å². The van der Waals surface area contributed by atoms with Crippen molar-refractivity contribution >= 4 is 11.7 Å². The Bertz CT molecular complexity index is 379. The molecule has 0 aliphatic rings. The monoisotopic (exact) mass is 223 g/mol. The first-order valence-electron chi connectivity index (χ1n) is 5.11. The molecule has 2 N–H and O–H groups in total. The van der Waals surface area contributed by atoms with Crippen LogP contribution in [0.5, 0.6) is 0 Å². The minimum Gasteiger partial charge on any atom is -0.395 e. The van der Waals surface area contributed by atoms with E-state index in [-0.39, 0.29) is 12.5 Å². The first kappa shape index (κ1) is 12.4. The molecule has 5 nitrogen and oxygen atoms in total. The molecule has 88 valence electrons. The second-order valence-corrected chi connectivity index (χ2v) is 3.58. The maximum atomic E-state index is 11.9. The zero-order valence-electron chi connectivity index (χ0n) is 9.82. The number of aromatic nitrogens is 1. The lowest BCUT2D eigenvalue weighted by Crippen LogP contribution is -2.29. The standard InChI is InChI=1S/C11H17N3O2/c1-8-6-9(7-10(12-2)13-8)11(16)14(3)4-5-15/h6-7,15H,4-5H2,1-3H3,(H,12,13). The van der Waals surface area contributed by atoms with Gasteiger partial charge in [-0.1, -0.05) is 0 Å². The number of carbonyl (C=O) groups is 1. The topological polar surface area (TPSA) is 65.5 Å². The van der Waals surface area contributed by atoms with E-state index in [4.69, 9.17) is 5.11 Å². The van der Waals surface area contributed by atoms with E-state index in [1.54, 1.807) is 26.2 Å². The molecular formula is C11H17N3O2. The van der Waals surface area contributed by atoms with E-state index < -0.39 is 0 Å². The van der Waals surface area contributed by atoms with E-state index in [2.05, 4.69) is 10.3 Å². The van der Waals surface area contributed by atoms with Gasteiger partial charge in [-0.25, -0.2) is 4.98 Å². The molecule has 0 aliphatic carbocycles. The second kappa shape index (κ2) is 5.46. The minimum absolute atomic E-state index is 0.0365. The van der Waals surface area contributed by atoms with Crippen LogP contribution in [0.1, 0.15) is 16.1 Å². The van der Waals surface area contributed by atoms with Crippen molar-refractivity contribution in [2.75, 3.05) is 32.6 Å². The molecule has 0 aliphatic heterocycles. The molecule has 0 bridgehead atoms. The predicted octanol–water partition coefficient (Wildman–Crippen LogP) is 0.496. The molecular weight excluding hydrogens is 206 g/mol. The number of hydrogen-bond donors (Lipinski definition) is 2. The average Bonchev–Trinajstić information content (AvgIpc) is 2.27. The van der Waals surface area contributed by atoms with Crippen molar-refractivity contribution in [3.63, 3.8) is 0 Å². The van der Waals surface area contributed by atoms with Gasteiger partial charge in [0.2, 0.25) is 0 Å². The number of amides is 1. The van der Waals surface area contributed by atoms with Crippen LogP contribution in [-0.4, -0.2) is 48.1 Å². The molecule has 5 heteroatoms. The zero-order valence-corrected chi connectivity index (χ0v) is 9.82. The van der Waals surface area contributed by atoms with Gasteiger partial charge < -0.3 is 15.3 Å². The molecule has 0 aromatic carbocycles. The number of anilines is 1. The number of aliphatic hydroxyl groups excluding tert-OH is 1. The summed E-state index contributed by atoms with van der Waals surface area (Å²) in [4.78, 5) is 17.6. The molecule has 0 unspecified atom stereocenters. The molecule has 0 atom stereocenters. The number of aliphatic hydroxyl groups is 1. The summed E-state index contributed by atoms with van der Waals surface area (Å²) in [6, 6.07) is 3.43. The highest BCUT2D eigenvalue weighted by atomic mass is 16.3. The Morgan fingerprint density at radius 1 is 1.56 bits per heavy atom. The summed E-state index contributed by atoms with van der Waals surface area (Å²) in [6.45, 7) is 2.13. The number of hydrogen-bond acceptors (Lipinski definition) is 4. The summed E-state index contributed by atoms with van der Waals surface area (Å²) in [5.41, 5.74) is 1.36. The highest BCUT2D eigenvalue weighted by Crippen LogP contribution is 2.11. The number of nitrogens with zero attached hydrogens (tertiary/aromatic N) is 2. The van der Waals surface area contributed by atoms with Gasteiger partial charge in [-0.2, -0.15) is 0 Å². The summed E-state index contributed by atoms with van der Waals surface area (Å²) in [7, 11) is 3.42. The van der Waals surface area contributed by atoms with E-state index in [0.717, 1.165) is 5.69 Å². The SMILES string of the molecule is CNc1cc(C(=O)N(C)CCO)cc(C)n1. The van der Waals surface area contributed by atoms with E-state index >= 15 is 0 Å². The van der Waals surface area contributed by atoms with Gasteiger partial charge in [0.05, 0.1) is 6.61 Å². The Hall–Kier alpha value is -1.62. The van der Waals surface area contributed by atoms with E-state index in [9.17, 15) is 4.79 Å². The number of aryl methyl sites for hydroxylation is 1. The Labute approximate surface area is 95.1 Å². The maximum Gasteiger partial charge on any atom is 0.253 e. The van der Waals surface area contributed by atoms with Crippen LogP contribution >= 0.6 is 0 Å². The van der Waals surface area contributed by atoms with Crippen LogP contribution < -0.4 is 5.32 Å². The normalized spacial score (nSPS) is 10.0. The largest absolute Gasteiger partial charge is 0.395 e. The number of rotatable bonds is 4. The fourth-order valence-electron chi connectivity index (χ4n) is 1.39. The number of nitrogens with one attached hydrogen (secondary N) is 1. The summed E-state index contributed by atoms with van der Waals surface area (Å²) in [5, 5.41) is 11.7. The molecule has 0 saturated heterocycles. The fourth-order valence-corrected chi connectivity index (χ4v) is 1.39. The Kier molecular flexibility index (Phi) is 4.25. The van der Waals surface area contributed by atoms with E-state index in [0.29, 0.717) is 17.9 Å². The summed E-state index contributed by atoms with van der Waals surface area (Å²) < 4.78 is 0. The molecule has 0 fully saturated rings. The highest BCUT2D eigenvalue weighted by molar-refractivity contribution is 5.94. The van der Waals surface area contributed by atoms with Gasteiger partial charge in [0.1, 0.15) is 5.82 Å². The van der Waals surface area contributed by atoms with Crippen molar-refractivity contribution in [3.05, 3.63) is 23.4 Å². The molecule has 1 rings (SSSR count). The predicted molar refractivity (Wildman–Crippen MR) is 62.6 cm³/mol. The molecule has 16 heavy (non-hydrogen) atoms. The van der Waals surface area contributed by atoms with Gasteiger partial charge in [0.25, 0.3) is 5.91 Å². The van der Waals surface area contributed by atoms with Crippen LogP contribution in [0.25, 0.3) is 0 Å². The first-order valence-corrected chi connectivity index (χ1v) is 5.11. The third-order valence-corrected chi connectivity index (χ3v) is 2.24. The molecule has 1 aromatic rings. The molecule has 1 aromatic heterocycles. The first-order chi connectivity index (χ1) is 7.58. The number of likely N-dealkylation sites (N-methyl/N-ethyl adjacent to an activating group) is 1. The van der Waals surface area contributed by atoms with Crippen LogP contribution in [0.4, 0.5) is 5.82 Å². The third kappa shape index (κ3) is 2.93. The lowest BCUT2D eigenvalue weighted by molar-refractivity contribution is 0.0767. The van der Waals surface area contributed by atoms with Crippen LogP contribution in [0, 0.1) is 6.92 Å². The van der Waals surface area contributed by atoms with Crippen LogP contribution in [0.2, 0.25) is 0 Å². The summed E-state index contributed by atoms with van der Waals surface area (Å²) in [6.07, 6.45) is 0.